The van der Waals surface area contributed by atoms with Gasteiger partial charge in [-0.3, -0.25) is 14.3 Å². The summed E-state index contributed by atoms with van der Waals surface area (Å²) < 4.78 is 1.88. The van der Waals surface area contributed by atoms with Crippen LogP contribution < -0.4 is 5.56 Å². The first-order valence-electron chi connectivity index (χ1n) is 10.3. The van der Waals surface area contributed by atoms with Crippen LogP contribution in [0.25, 0.3) is 10.9 Å². The standard InChI is InChI=1S/C22H26N4OS/c1-15-23-18-6-3-2-5-17(18)22(27)26(15)13-16-9-11-25(12-10-16)14-21-24-19-7-4-8-20(19)28-21/h2-3,5-6,16H,4,7-14H2,1H3. The summed E-state index contributed by atoms with van der Waals surface area (Å²) >= 11 is 1.92. The highest BCUT2D eigenvalue weighted by atomic mass is 32.1. The molecular formula is C22H26N4OS. The highest BCUT2D eigenvalue weighted by Crippen LogP contribution is 2.29. The van der Waals surface area contributed by atoms with Crippen LogP contribution in [0.1, 0.15) is 40.7 Å². The molecule has 1 saturated heterocycles. The van der Waals surface area contributed by atoms with Gasteiger partial charge in [0, 0.05) is 11.4 Å². The number of aryl methyl sites for hydroxylation is 3. The summed E-state index contributed by atoms with van der Waals surface area (Å²) in [5.74, 6) is 1.36. The number of para-hydroxylation sites is 1. The van der Waals surface area contributed by atoms with Gasteiger partial charge in [0.15, 0.2) is 0 Å². The Labute approximate surface area is 169 Å². The second-order valence-corrected chi connectivity index (χ2v) is 9.31. The zero-order valence-electron chi connectivity index (χ0n) is 16.4. The molecule has 0 unspecified atom stereocenters. The minimum Gasteiger partial charge on any atom is -0.297 e. The third kappa shape index (κ3) is 3.40. The van der Waals surface area contributed by atoms with Gasteiger partial charge in [-0.25, -0.2) is 9.97 Å². The highest BCUT2D eigenvalue weighted by molar-refractivity contribution is 7.11. The lowest BCUT2D eigenvalue weighted by Gasteiger charge is -2.31. The van der Waals surface area contributed by atoms with Crippen molar-refractivity contribution in [1.29, 1.82) is 0 Å². The van der Waals surface area contributed by atoms with Gasteiger partial charge >= 0.3 is 0 Å². The number of rotatable bonds is 4. The normalized spacial score (nSPS) is 18.0. The first-order valence-corrected chi connectivity index (χ1v) is 11.1. The van der Waals surface area contributed by atoms with Crippen LogP contribution in [0.2, 0.25) is 0 Å². The van der Waals surface area contributed by atoms with E-state index in [-0.39, 0.29) is 5.56 Å². The van der Waals surface area contributed by atoms with Gasteiger partial charge in [0.2, 0.25) is 0 Å². The number of benzene rings is 1. The Morgan fingerprint density at radius 1 is 1.14 bits per heavy atom. The number of hydrogen-bond donors (Lipinski definition) is 0. The summed E-state index contributed by atoms with van der Waals surface area (Å²) in [7, 11) is 0. The van der Waals surface area contributed by atoms with Crippen molar-refractivity contribution >= 4 is 22.2 Å². The van der Waals surface area contributed by atoms with Crippen LogP contribution in [0.4, 0.5) is 0 Å². The second kappa shape index (κ2) is 7.41. The van der Waals surface area contributed by atoms with E-state index in [1.54, 1.807) is 0 Å². The second-order valence-electron chi connectivity index (χ2n) is 8.14. The van der Waals surface area contributed by atoms with Gasteiger partial charge < -0.3 is 0 Å². The summed E-state index contributed by atoms with van der Waals surface area (Å²) in [6, 6.07) is 7.65. The van der Waals surface area contributed by atoms with E-state index >= 15 is 0 Å². The third-order valence-corrected chi connectivity index (χ3v) is 7.34. The van der Waals surface area contributed by atoms with Crippen molar-refractivity contribution < 1.29 is 0 Å². The molecular weight excluding hydrogens is 368 g/mol. The van der Waals surface area contributed by atoms with Crippen molar-refractivity contribution in [2.24, 2.45) is 5.92 Å². The van der Waals surface area contributed by atoms with Crippen molar-refractivity contribution in [3.05, 3.63) is 56.0 Å². The molecule has 3 aromatic rings. The largest absolute Gasteiger partial charge is 0.297 e. The van der Waals surface area contributed by atoms with Gasteiger partial charge in [-0.05, 0) is 70.2 Å². The average Bonchev–Trinajstić information content (AvgIpc) is 3.28. The Hall–Kier alpha value is -2.05. The average molecular weight is 395 g/mol. The molecule has 3 heterocycles. The van der Waals surface area contributed by atoms with E-state index in [4.69, 9.17) is 4.98 Å². The number of likely N-dealkylation sites (tertiary alicyclic amines) is 1. The van der Waals surface area contributed by atoms with Crippen LogP contribution in [0.5, 0.6) is 0 Å². The molecule has 2 aromatic heterocycles. The van der Waals surface area contributed by atoms with Crippen LogP contribution in [-0.4, -0.2) is 32.5 Å². The first kappa shape index (κ1) is 18.0. The molecule has 0 saturated carbocycles. The SMILES string of the molecule is Cc1nc2ccccc2c(=O)n1CC1CCN(Cc2nc3c(s2)CCC3)CC1. The van der Waals surface area contributed by atoms with Crippen molar-refractivity contribution in [3.63, 3.8) is 0 Å². The molecule has 0 radical (unpaired) electrons. The van der Waals surface area contributed by atoms with Crippen LogP contribution in [-0.2, 0) is 25.9 Å². The van der Waals surface area contributed by atoms with Gasteiger partial charge in [0.25, 0.3) is 5.56 Å². The van der Waals surface area contributed by atoms with E-state index in [0.29, 0.717) is 5.92 Å². The van der Waals surface area contributed by atoms with Gasteiger partial charge in [-0.15, -0.1) is 11.3 Å². The summed E-state index contributed by atoms with van der Waals surface area (Å²) in [5.41, 5.74) is 2.25. The van der Waals surface area contributed by atoms with E-state index in [1.807, 2.05) is 47.1 Å². The van der Waals surface area contributed by atoms with Crippen molar-refractivity contribution in [3.8, 4) is 0 Å². The molecule has 1 aromatic carbocycles. The van der Waals surface area contributed by atoms with Gasteiger partial charge in [-0.1, -0.05) is 12.1 Å². The zero-order chi connectivity index (χ0) is 19.1. The molecule has 2 aliphatic rings. The third-order valence-electron chi connectivity index (χ3n) is 6.20. The molecule has 1 fully saturated rings. The summed E-state index contributed by atoms with van der Waals surface area (Å²) in [5, 5.41) is 2.01. The van der Waals surface area contributed by atoms with Gasteiger partial charge in [0.05, 0.1) is 23.1 Å². The zero-order valence-corrected chi connectivity index (χ0v) is 17.2. The highest BCUT2D eigenvalue weighted by Gasteiger charge is 2.23. The topological polar surface area (TPSA) is 51.0 Å². The molecule has 0 atom stereocenters. The lowest BCUT2D eigenvalue weighted by Crippen LogP contribution is -2.36. The van der Waals surface area contributed by atoms with E-state index in [2.05, 4.69) is 9.88 Å². The maximum absolute atomic E-state index is 12.9. The number of thiazole rings is 1. The quantitative estimate of drug-likeness (QED) is 0.679. The molecule has 1 aliphatic heterocycles. The van der Waals surface area contributed by atoms with Crippen LogP contribution in [0.15, 0.2) is 29.1 Å². The number of hydrogen-bond acceptors (Lipinski definition) is 5. The van der Waals surface area contributed by atoms with Crippen molar-refractivity contribution in [1.82, 2.24) is 19.4 Å². The monoisotopic (exact) mass is 394 g/mol. The lowest BCUT2D eigenvalue weighted by molar-refractivity contribution is 0.165. The molecule has 0 bridgehead atoms. The van der Waals surface area contributed by atoms with Gasteiger partial charge in [-0.2, -0.15) is 0 Å². The van der Waals surface area contributed by atoms with E-state index in [0.717, 1.165) is 55.7 Å². The van der Waals surface area contributed by atoms with Crippen LogP contribution in [0.3, 0.4) is 0 Å². The summed E-state index contributed by atoms with van der Waals surface area (Å²) in [6.45, 7) is 5.89. The minimum absolute atomic E-state index is 0.0998. The van der Waals surface area contributed by atoms with Crippen LogP contribution >= 0.6 is 11.3 Å². The van der Waals surface area contributed by atoms with Crippen molar-refractivity contribution in [2.75, 3.05) is 13.1 Å². The number of piperidine rings is 1. The van der Waals surface area contributed by atoms with Gasteiger partial charge in [0.1, 0.15) is 10.8 Å². The Balaban J connectivity index is 1.24. The molecule has 0 spiro atoms. The molecule has 6 heteroatoms. The molecule has 1 aliphatic carbocycles. The molecule has 0 N–H and O–H groups in total. The van der Waals surface area contributed by atoms with Crippen LogP contribution in [0, 0.1) is 12.8 Å². The Bertz CT molecular complexity index is 1040. The predicted molar refractivity (Wildman–Crippen MR) is 113 cm³/mol. The number of fused-ring (bicyclic) bond motifs is 2. The van der Waals surface area contributed by atoms with E-state index < -0.39 is 0 Å². The molecule has 5 rings (SSSR count). The Kier molecular flexibility index (Phi) is 4.77. The molecule has 0 amide bonds. The first-order chi connectivity index (χ1) is 13.7. The molecule has 28 heavy (non-hydrogen) atoms. The maximum atomic E-state index is 12.9. The number of nitrogens with zero attached hydrogens (tertiary/aromatic N) is 4. The number of aromatic nitrogens is 3. The molecule has 146 valence electrons. The Morgan fingerprint density at radius 2 is 1.96 bits per heavy atom. The fraction of sp³-hybridized carbons (Fsp3) is 0.500. The molecule has 5 nitrogen and oxygen atoms in total. The predicted octanol–water partition coefficient (Wildman–Crippen LogP) is 3.56. The fourth-order valence-corrected chi connectivity index (χ4v) is 5.78. The summed E-state index contributed by atoms with van der Waals surface area (Å²) in [6.07, 6.45) is 5.93. The minimum atomic E-state index is 0.0998. The summed E-state index contributed by atoms with van der Waals surface area (Å²) in [4.78, 5) is 26.4. The van der Waals surface area contributed by atoms with Crippen molar-refractivity contribution in [2.45, 2.75) is 52.1 Å². The van der Waals surface area contributed by atoms with E-state index in [1.165, 1.54) is 34.8 Å². The maximum Gasteiger partial charge on any atom is 0.261 e. The smallest absolute Gasteiger partial charge is 0.261 e. The lowest BCUT2D eigenvalue weighted by atomic mass is 9.96. The Morgan fingerprint density at radius 3 is 2.79 bits per heavy atom. The fourth-order valence-electron chi connectivity index (χ4n) is 4.58. The van der Waals surface area contributed by atoms with E-state index in [9.17, 15) is 4.79 Å².